The van der Waals surface area contributed by atoms with Gasteiger partial charge < -0.3 is 4.42 Å². The number of benzene rings is 4. The van der Waals surface area contributed by atoms with Gasteiger partial charge in [0.1, 0.15) is 18.2 Å². The van der Waals surface area contributed by atoms with Crippen LogP contribution in [-0.2, 0) is 7.05 Å². The fourth-order valence-corrected chi connectivity index (χ4v) is 4.92. The average Bonchev–Trinajstić information content (AvgIpc) is 3.28. The van der Waals surface area contributed by atoms with E-state index in [1.807, 2.05) is 48.0 Å². The molecule has 0 aliphatic rings. The molecule has 160 valence electrons. The second-order valence-electron chi connectivity index (χ2n) is 8.52. The minimum Gasteiger partial charge on any atom is -0.455 e. The quantitative estimate of drug-likeness (QED) is 0.254. The first-order valence-corrected chi connectivity index (χ1v) is 10.9. The summed E-state index contributed by atoms with van der Waals surface area (Å²) in [4.78, 5) is 0. The first kappa shape index (κ1) is 14.3. The molecule has 33 heavy (non-hydrogen) atoms. The van der Waals surface area contributed by atoms with E-state index < -0.39 is 13.7 Å². The Labute approximate surface area is 202 Å². The molecule has 0 bridgehead atoms. The second kappa shape index (κ2) is 7.31. The number of nitrogens with zero attached hydrogens (tertiary/aromatic N) is 1. The third kappa shape index (κ3) is 2.98. The van der Waals surface area contributed by atoms with E-state index in [0.717, 1.165) is 49.5 Å². The number of hydrogen-bond acceptors (Lipinski definition) is 1. The SMILES string of the molecule is [2H]C([2H])([2H])c1ccc(-c2cc(-c3c(C)c4ccccc4c4c3oc3ccccc34)[n+](C)cc2C([2H])([2H])[2H])cc1. The van der Waals surface area contributed by atoms with Crippen molar-refractivity contribution in [1.82, 2.24) is 0 Å². The van der Waals surface area contributed by atoms with Gasteiger partial charge in [0, 0.05) is 30.6 Å². The molecule has 0 saturated heterocycles. The molecule has 0 radical (unpaired) electrons. The van der Waals surface area contributed by atoms with Crippen LogP contribution >= 0.6 is 0 Å². The van der Waals surface area contributed by atoms with Crippen molar-refractivity contribution >= 4 is 32.7 Å². The number of aryl methyl sites for hydroxylation is 4. The van der Waals surface area contributed by atoms with E-state index in [2.05, 4.69) is 25.1 Å². The molecule has 0 N–H and O–H groups in total. The molecule has 0 atom stereocenters. The van der Waals surface area contributed by atoms with Crippen molar-refractivity contribution in [2.45, 2.75) is 20.6 Å². The molecule has 0 spiro atoms. The Balaban J connectivity index is 1.71. The third-order valence-electron chi connectivity index (χ3n) is 6.52. The van der Waals surface area contributed by atoms with Crippen molar-refractivity contribution in [1.29, 1.82) is 0 Å². The lowest BCUT2D eigenvalue weighted by atomic mass is 9.91. The molecule has 2 nitrogen and oxygen atoms in total. The Bertz CT molecular complexity index is 1900. The molecular weight excluding hydrogens is 402 g/mol. The van der Waals surface area contributed by atoms with Gasteiger partial charge in [0.2, 0.25) is 5.69 Å². The van der Waals surface area contributed by atoms with Crippen LogP contribution in [0.1, 0.15) is 24.9 Å². The smallest absolute Gasteiger partial charge is 0.217 e. The zero-order chi connectivity index (χ0) is 27.7. The van der Waals surface area contributed by atoms with Gasteiger partial charge in [-0.15, -0.1) is 0 Å². The molecule has 0 fully saturated rings. The predicted octanol–water partition coefficient (Wildman–Crippen LogP) is 7.82. The second-order valence-corrected chi connectivity index (χ2v) is 8.52. The first-order valence-electron chi connectivity index (χ1n) is 13.9. The molecule has 0 aliphatic carbocycles. The largest absolute Gasteiger partial charge is 0.455 e. The number of para-hydroxylation sites is 1. The lowest BCUT2D eigenvalue weighted by Crippen LogP contribution is -2.31. The number of aromatic nitrogens is 1. The van der Waals surface area contributed by atoms with E-state index in [9.17, 15) is 0 Å². The van der Waals surface area contributed by atoms with E-state index >= 15 is 0 Å². The van der Waals surface area contributed by atoms with E-state index in [-0.39, 0.29) is 11.1 Å². The van der Waals surface area contributed by atoms with Crippen LogP contribution in [-0.4, -0.2) is 0 Å². The van der Waals surface area contributed by atoms with Gasteiger partial charge >= 0.3 is 0 Å². The highest BCUT2D eigenvalue weighted by molar-refractivity contribution is 6.23. The van der Waals surface area contributed by atoms with Gasteiger partial charge in [-0.25, -0.2) is 4.57 Å². The minimum absolute atomic E-state index is 0.190. The molecule has 4 aromatic carbocycles. The summed E-state index contributed by atoms with van der Waals surface area (Å²) in [6, 6.07) is 24.5. The van der Waals surface area contributed by atoms with Gasteiger partial charge in [-0.2, -0.15) is 0 Å². The van der Waals surface area contributed by atoms with Crippen LogP contribution in [0.15, 0.2) is 89.5 Å². The summed E-state index contributed by atoms with van der Waals surface area (Å²) in [5.41, 5.74) is 5.79. The summed E-state index contributed by atoms with van der Waals surface area (Å²) < 4.78 is 56.2. The minimum atomic E-state index is -2.37. The van der Waals surface area contributed by atoms with Crippen molar-refractivity contribution in [3.63, 3.8) is 0 Å². The van der Waals surface area contributed by atoms with Crippen LogP contribution in [0.25, 0.3) is 55.1 Å². The lowest BCUT2D eigenvalue weighted by molar-refractivity contribution is -0.660. The summed E-state index contributed by atoms with van der Waals surface area (Å²) >= 11 is 0. The molecule has 6 rings (SSSR count). The molecule has 2 heterocycles. The topological polar surface area (TPSA) is 17.0 Å². The van der Waals surface area contributed by atoms with Gasteiger partial charge in [-0.1, -0.05) is 72.3 Å². The van der Waals surface area contributed by atoms with Crippen molar-refractivity contribution < 1.29 is 17.2 Å². The summed E-state index contributed by atoms with van der Waals surface area (Å²) in [6.07, 6.45) is 1.65. The van der Waals surface area contributed by atoms with Crippen LogP contribution in [0.3, 0.4) is 0 Å². The molecule has 2 heteroatoms. The molecule has 0 saturated carbocycles. The summed E-state index contributed by atoms with van der Waals surface area (Å²) in [5.74, 6) is 0. The van der Waals surface area contributed by atoms with Crippen LogP contribution in [0.2, 0.25) is 0 Å². The lowest BCUT2D eigenvalue weighted by Gasteiger charge is -2.13. The zero-order valence-corrected chi connectivity index (χ0v) is 18.4. The molecule has 0 amide bonds. The van der Waals surface area contributed by atoms with Crippen molar-refractivity contribution in [3.8, 4) is 22.4 Å². The maximum atomic E-state index is 8.24. The number of hydrogen-bond donors (Lipinski definition) is 0. The average molecular weight is 435 g/mol. The van der Waals surface area contributed by atoms with Crippen LogP contribution in [0, 0.1) is 20.6 Å². The fraction of sp³-hybridized carbons (Fsp3) is 0.129. The highest BCUT2D eigenvalue weighted by Crippen LogP contribution is 2.43. The maximum Gasteiger partial charge on any atom is 0.217 e. The third-order valence-corrected chi connectivity index (χ3v) is 6.52. The first-order chi connectivity index (χ1) is 18.4. The Morgan fingerprint density at radius 1 is 0.818 bits per heavy atom. The highest BCUT2D eigenvalue weighted by atomic mass is 16.3. The van der Waals surface area contributed by atoms with E-state index in [1.54, 1.807) is 18.3 Å². The summed E-state index contributed by atoms with van der Waals surface area (Å²) in [6.45, 7) is -2.55. The van der Waals surface area contributed by atoms with Crippen LogP contribution in [0.4, 0.5) is 0 Å². The maximum absolute atomic E-state index is 8.24. The molecule has 0 aliphatic heterocycles. The van der Waals surface area contributed by atoms with Gasteiger partial charge in [0.25, 0.3) is 0 Å². The van der Waals surface area contributed by atoms with E-state index in [1.165, 1.54) is 12.1 Å². The van der Waals surface area contributed by atoms with Crippen molar-refractivity contribution in [2.75, 3.05) is 0 Å². The normalized spacial score (nSPS) is 15.1. The highest BCUT2D eigenvalue weighted by Gasteiger charge is 2.25. The van der Waals surface area contributed by atoms with Gasteiger partial charge in [-0.05, 0) is 54.2 Å². The number of pyridine rings is 1. The van der Waals surface area contributed by atoms with E-state index in [0.29, 0.717) is 11.1 Å². The van der Waals surface area contributed by atoms with Gasteiger partial charge in [-0.3, -0.25) is 0 Å². The fourth-order valence-electron chi connectivity index (χ4n) is 4.92. The Morgan fingerprint density at radius 3 is 2.30 bits per heavy atom. The molecule has 2 aromatic heterocycles. The Kier molecular flexibility index (Phi) is 3.17. The molecule has 0 unspecified atom stereocenters. The zero-order valence-electron chi connectivity index (χ0n) is 24.4. The summed E-state index contributed by atoms with van der Waals surface area (Å²) in [7, 11) is 1.84. The summed E-state index contributed by atoms with van der Waals surface area (Å²) in [5, 5.41) is 4.23. The Hall–Kier alpha value is -3.91. The van der Waals surface area contributed by atoms with E-state index in [4.69, 9.17) is 12.6 Å². The van der Waals surface area contributed by atoms with Crippen LogP contribution in [0.5, 0.6) is 0 Å². The molecular formula is C31H26NO+. The predicted molar refractivity (Wildman–Crippen MR) is 137 cm³/mol. The monoisotopic (exact) mass is 434 g/mol. The van der Waals surface area contributed by atoms with Crippen molar-refractivity contribution in [2.24, 2.45) is 7.05 Å². The number of furan rings is 1. The van der Waals surface area contributed by atoms with Crippen LogP contribution < -0.4 is 4.57 Å². The Morgan fingerprint density at radius 2 is 1.55 bits per heavy atom. The number of rotatable bonds is 2. The van der Waals surface area contributed by atoms with Crippen molar-refractivity contribution in [3.05, 3.63) is 102 Å². The molecule has 6 aromatic rings. The standard InChI is InChI=1S/C31H26NO/c1-19-13-15-22(16-14-19)26-17-27(32(4)18-20(26)2)29-21(3)23-9-5-6-10-24(23)30-25-11-7-8-12-28(25)33-31(29)30/h5-18H,1-4H3/q+1/i1D3,2D3. The van der Waals surface area contributed by atoms with Gasteiger partial charge in [0.05, 0.1) is 5.56 Å². The number of fused-ring (bicyclic) bond motifs is 5. The van der Waals surface area contributed by atoms with Gasteiger partial charge in [0.15, 0.2) is 6.20 Å².